The van der Waals surface area contributed by atoms with E-state index in [0.717, 1.165) is 44.1 Å². The van der Waals surface area contributed by atoms with Crippen LogP contribution < -0.4 is 10.6 Å². The van der Waals surface area contributed by atoms with E-state index in [1.807, 2.05) is 14.0 Å². The molecule has 0 radical (unpaired) electrons. The van der Waals surface area contributed by atoms with E-state index in [4.69, 9.17) is 0 Å². The largest absolute Gasteiger partial charge is 0.356 e. The standard InChI is InChI=1S/C21H31N5/c1-17-14-18(2)26(25-17)13-7-12-23-20(22-3)24-16-21(10-11-21)15-19-8-5-4-6-9-19/h4-6,8-9,14H,7,10-13,15-16H2,1-3H3,(H2,22,23,24). The highest BCUT2D eigenvalue weighted by Gasteiger charge is 2.42. The van der Waals surface area contributed by atoms with Gasteiger partial charge in [0.15, 0.2) is 5.96 Å². The first-order chi connectivity index (χ1) is 12.6. The molecular formula is C21H31N5. The zero-order chi connectivity index (χ0) is 18.4. The highest BCUT2D eigenvalue weighted by Crippen LogP contribution is 2.47. The summed E-state index contributed by atoms with van der Waals surface area (Å²) in [5, 5.41) is 11.5. The lowest BCUT2D eigenvalue weighted by Crippen LogP contribution is -2.41. The van der Waals surface area contributed by atoms with Crippen LogP contribution in [0.2, 0.25) is 0 Å². The number of nitrogens with zero attached hydrogens (tertiary/aromatic N) is 3. The van der Waals surface area contributed by atoms with E-state index in [0.29, 0.717) is 5.41 Å². The molecule has 0 amide bonds. The van der Waals surface area contributed by atoms with Crippen LogP contribution in [0, 0.1) is 19.3 Å². The van der Waals surface area contributed by atoms with Gasteiger partial charge in [-0.1, -0.05) is 30.3 Å². The van der Waals surface area contributed by atoms with Crippen molar-refractivity contribution < 1.29 is 0 Å². The molecule has 26 heavy (non-hydrogen) atoms. The summed E-state index contributed by atoms with van der Waals surface area (Å²) in [5.41, 5.74) is 4.14. The van der Waals surface area contributed by atoms with Crippen LogP contribution in [-0.2, 0) is 13.0 Å². The molecule has 0 spiro atoms. The molecule has 1 aromatic carbocycles. The molecule has 0 atom stereocenters. The molecule has 2 N–H and O–H groups in total. The first-order valence-corrected chi connectivity index (χ1v) is 9.60. The van der Waals surface area contributed by atoms with Crippen molar-refractivity contribution in [1.29, 1.82) is 0 Å². The summed E-state index contributed by atoms with van der Waals surface area (Å²) in [5.74, 6) is 0.901. The van der Waals surface area contributed by atoms with Crippen molar-refractivity contribution in [3.63, 3.8) is 0 Å². The van der Waals surface area contributed by atoms with Crippen molar-refractivity contribution in [2.45, 2.75) is 46.1 Å². The SMILES string of the molecule is CN=C(NCCCn1nc(C)cc1C)NCC1(Cc2ccccc2)CC1. The van der Waals surface area contributed by atoms with Gasteiger partial charge in [-0.25, -0.2) is 0 Å². The lowest BCUT2D eigenvalue weighted by molar-refractivity contribution is 0.490. The summed E-state index contributed by atoms with van der Waals surface area (Å²) >= 11 is 0. The molecule has 1 aliphatic rings. The molecule has 1 aromatic heterocycles. The van der Waals surface area contributed by atoms with Crippen molar-refractivity contribution in [3.05, 3.63) is 53.3 Å². The summed E-state index contributed by atoms with van der Waals surface area (Å²) in [7, 11) is 1.84. The third-order valence-corrected chi connectivity index (χ3v) is 5.18. The topological polar surface area (TPSA) is 54.2 Å². The average molecular weight is 354 g/mol. The maximum Gasteiger partial charge on any atom is 0.190 e. The smallest absolute Gasteiger partial charge is 0.190 e. The van der Waals surface area contributed by atoms with E-state index in [2.05, 4.69) is 68.7 Å². The molecule has 3 rings (SSSR count). The van der Waals surface area contributed by atoms with Gasteiger partial charge in [0.2, 0.25) is 0 Å². The number of hydrogen-bond acceptors (Lipinski definition) is 2. The van der Waals surface area contributed by atoms with Gasteiger partial charge in [-0.15, -0.1) is 0 Å². The van der Waals surface area contributed by atoms with Crippen LogP contribution in [0.3, 0.4) is 0 Å². The maximum absolute atomic E-state index is 4.51. The molecule has 0 unspecified atom stereocenters. The Morgan fingerprint density at radius 2 is 1.96 bits per heavy atom. The van der Waals surface area contributed by atoms with Crippen LogP contribution in [0.25, 0.3) is 0 Å². The molecule has 1 saturated carbocycles. The number of rotatable bonds is 8. The Hall–Kier alpha value is -2.30. The van der Waals surface area contributed by atoms with E-state index in [1.54, 1.807) is 0 Å². The summed E-state index contributed by atoms with van der Waals surface area (Å²) < 4.78 is 2.08. The molecule has 1 fully saturated rings. The fourth-order valence-electron chi connectivity index (χ4n) is 3.45. The fourth-order valence-corrected chi connectivity index (χ4v) is 3.45. The van der Waals surface area contributed by atoms with Crippen LogP contribution in [-0.4, -0.2) is 35.9 Å². The van der Waals surface area contributed by atoms with Gasteiger partial charge in [-0.3, -0.25) is 9.67 Å². The van der Waals surface area contributed by atoms with Crippen LogP contribution >= 0.6 is 0 Å². The lowest BCUT2D eigenvalue weighted by atomic mass is 9.96. The molecule has 140 valence electrons. The van der Waals surface area contributed by atoms with Crippen molar-refractivity contribution in [2.24, 2.45) is 10.4 Å². The summed E-state index contributed by atoms with van der Waals surface area (Å²) in [6.07, 6.45) is 4.77. The number of hydrogen-bond donors (Lipinski definition) is 2. The van der Waals surface area contributed by atoms with Crippen molar-refractivity contribution in [1.82, 2.24) is 20.4 Å². The molecule has 5 heteroatoms. The third kappa shape index (κ3) is 5.10. The second-order valence-electron chi connectivity index (χ2n) is 7.52. The normalized spacial score (nSPS) is 15.7. The quantitative estimate of drug-likeness (QED) is 0.436. The van der Waals surface area contributed by atoms with Crippen LogP contribution in [0.15, 0.2) is 41.4 Å². The van der Waals surface area contributed by atoms with Crippen molar-refractivity contribution >= 4 is 5.96 Å². The first-order valence-electron chi connectivity index (χ1n) is 9.60. The van der Waals surface area contributed by atoms with Gasteiger partial charge in [0.05, 0.1) is 5.69 Å². The summed E-state index contributed by atoms with van der Waals surface area (Å²) in [6.45, 7) is 6.96. The third-order valence-electron chi connectivity index (χ3n) is 5.18. The Bertz CT molecular complexity index is 728. The highest BCUT2D eigenvalue weighted by molar-refractivity contribution is 5.79. The average Bonchev–Trinajstić information content (AvgIpc) is 3.32. The highest BCUT2D eigenvalue weighted by atomic mass is 15.3. The van der Waals surface area contributed by atoms with Gasteiger partial charge < -0.3 is 10.6 Å². The summed E-state index contributed by atoms with van der Waals surface area (Å²) in [6, 6.07) is 12.9. The van der Waals surface area contributed by atoms with Crippen molar-refractivity contribution in [3.8, 4) is 0 Å². The molecule has 0 aliphatic heterocycles. The van der Waals surface area contributed by atoms with E-state index in [-0.39, 0.29) is 0 Å². The first kappa shape index (κ1) is 18.5. The van der Waals surface area contributed by atoms with Gasteiger partial charge in [-0.2, -0.15) is 5.10 Å². The minimum Gasteiger partial charge on any atom is -0.356 e. The predicted molar refractivity (Wildman–Crippen MR) is 107 cm³/mol. The molecule has 0 bridgehead atoms. The maximum atomic E-state index is 4.51. The Morgan fingerprint density at radius 1 is 1.19 bits per heavy atom. The van der Waals surface area contributed by atoms with E-state index >= 15 is 0 Å². The van der Waals surface area contributed by atoms with Gasteiger partial charge >= 0.3 is 0 Å². The Labute approximate surface area is 156 Å². The Balaban J connectivity index is 1.39. The minimum absolute atomic E-state index is 0.405. The molecule has 0 saturated heterocycles. The van der Waals surface area contributed by atoms with Gasteiger partial charge in [0.1, 0.15) is 0 Å². The van der Waals surface area contributed by atoms with Crippen LogP contribution in [0.5, 0.6) is 0 Å². The zero-order valence-corrected chi connectivity index (χ0v) is 16.3. The molecule has 1 aliphatic carbocycles. The van der Waals surface area contributed by atoms with E-state index < -0.39 is 0 Å². The number of aromatic nitrogens is 2. The van der Waals surface area contributed by atoms with Gasteiger partial charge in [-0.05, 0) is 56.6 Å². The van der Waals surface area contributed by atoms with Gasteiger partial charge in [0, 0.05) is 32.4 Å². The monoisotopic (exact) mass is 353 g/mol. The second kappa shape index (κ2) is 8.39. The molecular weight excluding hydrogens is 322 g/mol. The summed E-state index contributed by atoms with van der Waals surface area (Å²) in [4.78, 5) is 4.36. The zero-order valence-electron chi connectivity index (χ0n) is 16.3. The number of nitrogens with one attached hydrogen (secondary N) is 2. The number of benzene rings is 1. The number of guanidine groups is 1. The predicted octanol–water partition coefficient (Wildman–Crippen LogP) is 3.08. The molecule has 5 nitrogen and oxygen atoms in total. The molecule has 1 heterocycles. The Morgan fingerprint density at radius 3 is 2.58 bits per heavy atom. The van der Waals surface area contributed by atoms with Crippen molar-refractivity contribution in [2.75, 3.05) is 20.1 Å². The molecule has 2 aromatic rings. The van der Waals surface area contributed by atoms with E-state index in [1.165, 1.54) is 24.1 Å². The van der Waals surface area contributed by atoms with Crippen LogP contribution in [0.1, 0.15) is 36.2 Å². The number of aliphatic imine (C=N–C) groups is 1. The lowest BCUT2D eigenvalue weighted by Gasteiger charge is -2.19. The van der Waals surface area contributed by atoms with E-state index in [9.17, 15) is 0 Å². The number of aryl methyl sites for hydroxylation is 3. The fraction of sp³-hybridized carbons (Fsp3) is 0.524. The minimum atomic E-state index is 0.405. The van der Waals surface area contributed by atoms with Gasteiger partial charge in [0.25, 0.3) is 0 Å². The van der Waals surface area contributed by atoms with Crippen LogP contribution in [0.4, 0.5) is 0 Å². The second-order valence-corrected chi connectivity index (χ2v) is 7.52. The Kier molecular flexibility index (Phi) is 5.96.